The van der Waals surface area contributed by atoms with Crippen LogP contribution in [0.3, 0.4) is 0 Å². The molecule has 3 nitrogen and oxygen atoms in total. The van der Waals surface area contributed by atoms with Crippen LogP contribution in [0.5, 0.6) is 0 Å². The van der Waals surface area contributed by atoms with Crippen molar-refractivity contribution < 1.29 is 5.48 Å². The van der Waals surface area contributed by atoms with Gasteiger partial charge in [0.25, 0.3) is 0 Å². The molecule has 0 unspecified atom stereocenters. The Balaban J connectivity index is 0. The van der Waals surface area contributed by atoms with Gasteiger partial charge in [-0.25, -0.2) is 0 Å². The molecule has 1 rings (SSSR count). The van der Waals surface area contributed by atoms with Gasteiger partial charge in [-0.2, -0.15) is 0 Å². The fourth-order valence-corrected chi connectivity index (χ4v) is 0.253. The Morgan fingerprint density at radius 1 is 0.750 bits per heavy atom. The fourth-order valence-electron chi connectivity index (χ4n) is 0.253. The number of aromatic nitrogens is 2. The Kier molecular flexibility index (Phi) is 11.0. The summed E-state index contributed by atoms with van der Waals surface area (Å²) in [6.07, 6.45) is 6.56. The predicted molar refractivity (Wildman–Crippen MR) is 31.4 cm³/mol. The maximum Gasteiger partial charge on any atom is 0.0451 e. The first-order valence-corrected chi connectivity index (χ1v) is 1.70. The molecule has 0 fully saturated rings. The Bertz CT molecular complexity index is 86.0. The van der Waals surface area contributed by atoms with Crippen molar-refractivity contribution in [3.05, 3.63) is 24.8 Å². The summed E-state index contributed by atoms with van der Waals surface area (Å²) in [4.78, 5) is 7.44. The summed E-state index contributed by atoms with van der Waals surface area (Å²) in [5.41, 5.74) is 0. The number of hydrogen-bond acceptors (Lipinski definition) is 2. The van der Waals surface area contributed by atoms with E-state index in [4.69, 9.17) is 0 Å². The molecule has 0 spiro atoms. The van der Waals surface area contributed by atoms with E-state index in [9.17, 15) is 0 Å². The van der Waals surface area contributed by atoms with Crippen LogP contribution in [-0.2, 0) is 0 Å². The maximum atomic E-state index is 3.72. The summed E-state index contributed by atoms with van der Waals surface area (Å²) >= 11 is 0. The SMILES string of the molecule is O.[K].c1cnccn1. The second-order valence-electron chi connectivity index (χ2n) is 0.894. The van der Waals surface area contributed by atoms with E-state index < -0.39 is 0 Å². The van der Waals surface area contributed by atoms with Gasteiger partial charge in [0.1, 0.15) is 0 Å². The molecule has 0 saturated heterocycles. The van der Waals surface area contributed by atoms with Gasteiger partial charge in [-0.1, -0.05) is 0 Å². The minimum atomic E-state index is 0. The molecule has 0 aliphatic rings. The van der Waals surface area contributed by atoms with Crippen LogP contribution in [0.4, 0.5) is 0 Å². The van der Waals surface area contributed by atoms with Crippen LogP contribution in [0.25, 0.3) is 0 Å². The molecule has 8 heavy (non-hydrogen) atoms. The van der Waals surface area contributed by atoms with E-state index in [1.165, 1.54) is 0 Å². The zero-order chi connectivity index (χ0) is 4.24. The quantitative estimate of drug-likeness (QED) is 0.443. The minimum absolute atomic E-state index is 0. The standard InChI is InChI=1S/C4H4N2.K.H2O/c1-2-6-4-3-5-1;;/h1-4H;;1H2. The molecule has 0 aromatic carbocycles. The van der Waals surface area contributed by atoms with Crippen molar-refractivity contribution in [1.82, 2.24) is 9.97 Å². The molecular weight excluding hydrogens is 131 g/mol. The molecule has 0 bridgehead atoms. The van der Waals surface area contributed by atoms with Gasteiger partial charge in [0.05, 0.1) is 0 Å². The average Bonchev–Trinajstić information content (AvgIpc) is 1.72. The average molecular weight is 137 g/mol. The summed E-state index contributed by atoms with van der Waals surface area (Å²) in [6, 6.07) is 0. The molecular formula is C4H6KN2O. The van der Waals surface area contributed by atoms with Crippen LogP contribution in [0.15, 0.2) is 24.8 Å². The first-order valence-electron chi connectivity index (χ1n) is 1.70. The third kappa shape index (κ3) is 4.83. The monoisotopic (exact) mass is 137 g/mol. The van der Waals surface area contributed by atoms with Gasteiger partial charge < -0.3 is 5.48 Å². The van der Waals surface area contributed by atoms with Gasteiger partial charge in [-0.3, -0.25) is 9.97 Å². The van der Waals surface area contributed by atoms with Crippen LogP contribution < -0.4 is 0 Å². The zero-order valence-corrected chi connectivity index (χ0v) is 7.83. The van der Waals surface area contributed by atoms with Crippen molar-refractivity contribution in [3.63, 3.8) is 0 Å². The van der Waals surface area contributed by atoms with Crippen LogP contribution in [-0.4, -0.2) is 66.8 Å². The van der Waals surface area contributed by atoms with Crippen LogP contribution in [0.2, 0.25) is 0 Å². The molecule has 4 heteroatoms. The van der Waals surface area contributed by atoms with Gasteiger partial charge in [-0.15, -0.1) is 0 Å². The summed E-state index contributed by atoms with van der Waals surface area (Å²) in [5.74, 6) is 0. The molecule has 0 amide bonds. The molecule has 2 N–H and O–H groups in total. The second-order valence-corrected chi connectivity index (χ2v) is 0.894. The van der Waals surface area contributed by atoms with Crippen molar-refractivity contribution in [3.8, 4) is 0 Å². The Morgan fingerprint density at radius 2 is 1.00 bits per heavy atom. The molecule has 0 aliphatic carbocycles. The molecule has 0 atom stereocenters. The molecule has 1 aromatic rings. The number of nitrogens with zero attached hydrogens (tertiary/aromatic N) is 2. The van der Waals surface area contributed by atoms with Gasteiger partial charge in [-0.05, 0) is 0 Å². The Hall–Kier alpha value is 0.676. The first kappa shape index (κ1) is 11.5. The van der Waals surface area contributed by atoms with E-state index in [0.717, 1.165) is 0 Å². The van der Waals surface area contributed by atoms with E-state index in [1.54, 1.807) is 24.8 Å². The maximum absolute atomic E-state index is 3.72. The fraction of sp³-hybridized carbons (Fsp3) is 0. The molecule has 1 heterocycles. The van der Waals surface area contributed by atoms with Crippen molar-refractivity contribution in [1.29, 1.82) is 0 Å². The molecule has 1 radical (unpaired) electrons. The summed E-state index contributed by atoms with van der Waals surface area (Å²) in [5, 5.41) is 0. The van der Waals surface area contributed by atoms with Crippen molar-refractivity contribution >= 4 is 51.4 Å². The topological polar surface area (TPSA) is 57.3 Å². The molecule has 1 aromatic heterocycles. The summed E-state index contributed by atoms with van der Waals surface area (Å²) in [6.45, 7) is 0. The zero-order valence-electron chi connectivity index (χ0n) is 4.70. The smallest absolute Gasteiger partial charge is 0.0451 e. The van der Waals surface area contributed by atoms with Gasteiger partial charge in [0.15, 0.2) is 0 Å². The Morgan fingerprint density at radius 3 is 1.12 bits per heavy atom. The summed E-state index contributed by atoms with van der Waals surface area (Å²) < 4.78 is 0. The largest absolute Gasteiger partial charge is 0.412 e. The number of hydrogen-bond donors (Lipinski definition) is 0. The van der Waals surface area contributed by atoms with Crippen molar-refractivity contribution in [2.45, 2.75) is 0 Å². The predicted octanol–water partition coefficient (Wildman–Crippen LogP) is -0.729. The second kappa shape index (κ2) is 7.68. The van der Waals surface area contributed by atoms with Crippen molar-refractivity contribution in [2.75, 3.05) is 0 Å². The molecule has 0 saturated carbocycles. The summed E-state index contributed by atoms with van der Waals surface area (Å²) in [7, 11) is 0. The van der Waals surface area contributed by atoms with E-state index in [-0.39, 0.29) is 56.9 Å². The van der Waals surface area contributed by atoms with Crippen LogP contribution >= 0.6 is 0 Å². The van der Waals surface area contributed by atoms with Gasteiger partial charge in [0.2, 0.25) is 0 Å². The van der Waals surface area contributed by atoms with Gasteiger partial charge in [0, 0.05) is 76.2 Å². The minimum Gasteiger partial charge on any atom is -0.412 e. The van der Waals surface area contributed by atoms with Crippen LogP contribution in [0.1, 0.15) is 0 Å². The molecule has 39 valence electrons. The van der Waals surface area contributed by atoms with E-state index >= 15 is 0 Å². The van der Waals surface area contributed by atoms with E-state index in [0.29, 0.717) is 0 Å². The molecule has 0 aliphatic heterocycles. The third-order valence-electron chi connectivity index (χ3n) is 0.478. The van der Waals surface area contributed by atoms with Crippen LogP contribution in [0, 0.1) is 0 Å². The first-order chi connectivity index (χ1) is 3.00. The third-order valence-corrected chi connectivity index (χ3v) is 0.478. The Labute approximate surface area is 90.3 Å². The number of rotatable bonds is 0. The van der Waals surface area contributed by atoms with Crippen molar-refractivity contribution in [2.24, 2.45) is 0 Å². The van der Waals surface area contributed by atoms with E-state index in [1.807, 2.05) is 0 Å². The van der Waals surface area contributed by atoms with Gasteiger partial charge >= 0.3 is 0 Å². The normalized spacial score (nSPS) is 6.00. The van der Waals surface area contributed by atoms with E-state index in [2.05, 4.69) is 9.97 Å².